The van der Waals surface area contributed by atoms with Crippen molar-refractivity contribution in [1.29, 1.82) is 0 Å². The van der Waals surface area contributed by atoms with Gasteiger partial charge >= 0.3 is 5.97 Å². The van der Waals surface area contributed by atoms with E-state index >= 15 is 4.39 Å². The van der Waals surface area contributed by atoms with Crippen LogP contribution in [0.1, 0.15) is 22.8 Å². The summed E-state index contributed by atoms with van der Waals surface area (Å²) in [5, 5.41) is 0.601. The molecule has 1 aromatic heterocycles. The number of aromatic nitrogens is 1. The van der Waals surface area contributed by atoms with Crippen LogP contribution in [0.5, 0.6) is 5.75 Å². The molecule has 8 heteroatoms. The average molecular weight is 414 g/mol. The highest BCUT2D eigenvalue weighted by Gasteiger charge is 2.32. The van der Waals surface area contributed by atoms with Crippen LogP contribution in [0.15, 0.2) is 40.2 Å². The molecule has 0 bridgehead atoms. The summed E-state index contributed by atoms with van der Waals surface area (Å²) < 4.78 is 27.6. The standard InChI is InChI=1S/C21H19FN2O4S/c1-3-28-21(26)16-18(25)13-8-14(22)15(12-6-4-11(9-23)5-7-12)19(27-2)17(13)24-10-29-20(16)24/h4-8H,3,9-10,23H2,1-2H3. The number of benzene rings is 2. The van der Waals surface area contributed by atoms with Gasteiger partial charge in [0.1, 0.15) is 11.4 Å². The Labute approximate surface area is 170 Å². The van der Waals surface area contributed by atoms with Gasteiger partial charge in [-0.25, -0.2) is 9.18 Å². The number of pyridine rings is 1. The van der Waals surface area contributed by atoms with E-state index < -0.39 is 17.2 Å². The molecular weight excluding hydrogens is 395 g/mol. The predicted molar refractivity (Wildman–Crippen MR) is 110 cm³/mol. The van der Waals surface area contributed by atoms with Crippen LogP contribution in [-0.2, 0) is 17.2 Å². The van der Waals surface area contributed by atoms with Gasteiger partial charge in [-0.1, -0.05) is 36.0 Å². The number of thioether (sulfide) groups is 1. The van der Waals surface area contributed by atoms with Crippen LogP contribution in [0.4, 0.5) is 4.39 Å². The molecule has 2 heterocycles. The zero-order valence-corrected chi connectivity index (χ0v) is 16.8. The number of hydrogen-bond acceptors (Lipinski definition) is 6. The Morgan fingerprint density at radius 1 is 1.31 bits per heavy atom. The van der Waals surface area contributed by atoms with E-state index in [0.29, 0.717) is 28.5 Å². The van der Waals surface area contributed by atoms with Gasteiger partial charge in [-0.15, -0.1) is 0 Å². The van der Waals surface area contributed by atoms with E-state index in [2.05, 4.69) is 0 Å². The molecule has 1 aliphatic rings. The molecule has 2 N–H and O–H groups in total. The third-order valence-corrected chi connectivity index (χ3v) is 5.99. The second-order valence-corrected chi connectivity index (χ2v) is 7.43. The second kappa shape index (κ2) is 7.53. The van der Waals surface area contributed by atoms with Crippen molar-refractivity contribution >= 4 is 28.6 Å². The van der Waals surface area contributed by atoms with Crippen LogP contribution in [0, 0.1) is 5.82 Å². The van der Waals surface area contributed by atoms with Crippen molar-refractivity contribution in [2.75, 3.05) is 13.7 Å². The lowest BCUT2D eigenvalue weighted by molar-refractivity contribution is 0.0518. The van der Waals surface area contributed by atoms with Gasteiger partial charge in [0, 0.05) is 6.54 Å². The number of rotatable bonds is 5. The largest absolute Gasteiger partial charge is 0.494 e. The lowest BCUT2D eigenvalue weighted by Gasteiger charge is -2.28. The van der Waals surface area contributed by atoms with E-state index in [-0.39, 0.29) is 28.9 Å². The van der Waals surface area contributed by atoms with Crippen LogP contribution in [0.25, 0.3) is 22.0 Å². The summed E-state index contributed by atoms with van der Waals surface area (Å²) in [6.45, 7) is 2.20. The van der Waals surface area contributed by atoms with Crippen LogP contribution in [-0.4, -0.2) is 24.3 Å². The third kappa shape index (κ3) is 2.99. The zero-order chi connectivity index (χ0) is 20.7. The molecule has 0 spiro atoms. The number of hydrogen-bond donors (Lipinski definition) is 1. The molecular formula is C21H19FN2O4S. The van der Waals surface area contributed by atoms with E-state index in [9.17, 15) is 9.59 Å². The number of nitrogens with two attached hydrogens (primary N) is 1. The molecule has 150 valence electrons. The minimum Gasteiger partial charge on any atom is -0.494 e. The van der Waals surface area contributed by atoms with Gasteiger partial charge in [-0.2, -0.15) is 0 Å². The summed E-state index contributed by atoms with van der Waals surface area (Å²) in [7, 11) is 1.44. The van der Waals surface area contributed by atoms with Crippen molar-refractivity contribution in [3.8, 4) is 16.9 Å². The molecule has 0 amide bonds. The van der Waals surface area contributed by atoms with Gasteiger partial charge in [-0.3, -0.25) is 4.79 Å². The van der Waals surface area contributed by atoms with E-state index in [4.69, 9.17) is 15.2 Å². The molecule has 1 aliphatic heterocycles. The fourth-order valence-corrected chi connectivity index (χ4v) is 4.44. The average Bonchev–Trinajstić information content (AvgIpc) is 2.70. The maximum absolute atomic E-state index is 15.2. The van der Waals surface area contributed by atoms with E-state index in [1.165, 1.54) is 24.9 Å². The zero-order valence-electron chi connectivity index (χ0n) is 16.0. The normalized spacial score (nSPS) is 12.4. The molecule has 29 heavy (non-hydrogen) atoms. The number of carbonyl (C=O) groups excluding carboxylic acids is 1. The monoisotopic (exact) mass is 414 g/mol. The number of esters is 1. The van der Waals surface area contributed by atoms with Gasteiger partial charge in [0.2, 0.25) is 5.43 Å². The molecule has 4 rings (SSSR count). The van der Waals surface area contributed by atoms with Crippen LogP contribution in [0.2, 0.25) is 0 Å². The van der Waals surface area contributed by atoms with Crippen LogP contribution in [0.3, 0.4) is 0 Å². The fraction of sp³-hybridized carbons (Fsp3) is 0.238. The quantitative estimate of drug-likeness (QED) is 0.643. The van der Waals surface area contributed by atoms with Crippen molar-refractivity contribution in [2.24, 2.45) is 5.73 Å². The van der Waals surface area contributed by atoms with E-state index in [1.54, 1.807) is 23.6 Å². The molecule has 0 atom stereocenters. The summed E-state index contributed by atoms with van der Waals surface area (Å²) in [6, 6.07) is 8.36. The number of nitrogens with zero attached hydrogens (tertiary/aromatic N) is 1. The molecule has 2 aromatic carbocycles. The number of ether oxygens (including phenoxy) is 2. The minimum absolute atomic E-state index is 0.0582. The highest BCUT2D eigenvalue weighted by atomic mass is 32.2. The smallest absolute Gasteiger partial charge is 0.344 e. The van der Waals surface area contributed by atoms with E-state index in [0.717, 1.165) is 5.56 Å². The summed E-state index contributed by atoms with van der Waals surface area (Å²) in [5.74, 6) is -0.522. The summed E-state index contributed by atoms with van der Waals surface area (Å²) in [4.78, 5) is 25.4. The van der Waals surface area contributed by atoms with Gasteiger partial charge in [0.25, 0.3) is 0 Å². The summed E-state index contributed by atoms with van der Waals surface area (Å²) in [6.07, 6.45) is 0. The van der Waals surface area contributed by atoms with Gasteiger partial charge in [0.15, 0.2) is 5.75 Å². The molecule has 6 nitrogen and oxygen atoms in total. The predicted octanol–water partition coefficient (Wildman–Crippen LogP) is 3.51. The molecule has 3 aromatic rings. The number of carbonyl (C=O) groups is 1. The molecule has 0 fully saturated rings. The van der Waals surface area contributed by atoms with Gasteiger partial charge < -0.3 is 19.8 Å². The van der Waals surface area contributed by atoms with Crippen molar-refractivity contribution in [2.45, 2.75) is 24.4 Å². The Kier molecular flexibility index (Phi) is 5.06. The molecule has 0 radical (unpaired) electrons. The molecule has 0 saturated carbocycles. The third-order valence-electron chi connectivity index (χ3n) is 4.90. The second-order valence-electron chi connectivity index (χ2n) is 6.50. The Balaban J connectivity index is 2.04. The maximum Gasteiger partial charge on any atom is 0.344 e. The van der Waals surface area contributed by atoms with Crippen molar-refractivity contribution < 1.29 is 18.7 Å². The summed E-state index contributed by atoms with van der Waals surface area (Å²) >= 11 is 1.37. The van der Waals surface area contributed by atoms with Crippen molar-refractivity contribution in [3.05, 3.63) is 57.5 Å². The summed E-state index contributed by atoms with van der Waals surface area (Å²) in [5.41, 5.74) is 7.30. The lowest BCUT2D eigenvalue weighted by Crippen LogP contribution is -2.27. The Morgan fingerprint density at radius 2 is 2.03 bits per heavy atom. The SMILES string of the molecule is CCOC(=O)c1c2n(c3c(OC)c(-c4ccc(CN)cc4)c(F)cc3c1=O)CS2. The van der Waals surface area contributed by atoms with Gasteiger partial charge in [-0.05, 0) is 24.1 Å². The lowest BCUT2D eigenvalue weighted by atomic mass is 9.99. The van der Waals surface area contributed by atoms with Crippen molar-refractivity contribution in [3.63, 3.8) is 0 Å². The first-order chi connectivity index (χ1) is 14.0. The molecule has 0 saturated heterocycles. The maximum atomic E-state index is 15.2. The first-order valence-electron chi connectivity index (χ1n) is 9.08. The number of fused-ring (bicyclic) bond motifs is 3. The highest BCUT2D eigenvalue weighted by Crippen LogP contribution is 2.44. The topological polar surface area (TPSA) is 83.6 Å². The first-order valence-corrected chi connectivity index (χ1v) is 10.1. The Morgan fingerprint density at radius 3 is 2.59 bits per heavy atom. The molecule has 0 aliphatic carbocycles. The number of halogens is 1. The van der Waals surface area contributed by atoms with Gasteiger partial charge in [0.05, 0.1) is 41.1 Å². The van der Waals surface area contributed by atoms with E-state index in [1.807, 2.05) is 12.1 Å². The molecule has 0 unspecified atom stereocenters. The Bertz CT molecular complexity index is 1190. The first kappa shape index (κ1) is 19.5. The van der Waals surface area contributed by atoms with Crippen LogP contribution >= 0.6 is 11.8 Å². The highest BCUT2D eigenvalue weighted by molar-refractivity contribution is 7.99. The Hall–Kier alpha value is -2.84. The fourth-order valence-electron chi connectivity index (χ4n) is 3.51. The number of methoxy groups -OCH3 is 1. The minimum atomic E-state index is -0.698. The van der Waals surface area contributed by atoms with Crippen LogP contribution < -0.4 is 15.9 Å². The van der Waals surface area contributed by atoms with Crippen molar-refractivity contribution in [1.82, 2.24) is 4.57 Å².